The number of carbonyl (C=O) groups excluding carboxylic acids is 1. The standard InChI is InChI=1S/C18H27NO3/c1-5-18(6-2,12-17(21)22)19-16(20)8-7-15-10-13(3)9-14(4)11-15/h9-11H,5-8,12H2,1-4H3,(H,19,20)(H,21,22). The van der Waals surface area contributed by atoms with Gasteiger partial charge in [-0.3, -0.25) is 9.59 Å². The summed E-state index contributed by atoms with van der Waals surface area (Å²) in [6.45, 7) is 7.92. The molecule has 0 radical (unpaired) electrons. The van der Waals surface area contributed by atoms with Crippen LogP contribution in [0.3, 0.4) is 0 Å². The molecule has 4 heteroatoms. The predicted molar refractivity (Wildman–Crippen MR) is 87.9 cm³/mol. The Bertz CT molecular complexity index is 513. The van der Waals surface area contributed by atoms with E-state index in [1.165, 1.54) is 11.1 Å². The number of aliphatic carboxylic acids is 1. The van der Waals surface area contributed by atoms with E-state index >= 15 is 0 Å². The van der Waals surface area contributed by atoms with Crippen LogP contribution < -0.4 is 5.32 Å². The predicted octanol–water partition coefficient (Wildman–Crippen LogP) is 3.39. The second-order valence-electron chi connectivity index (χ2n) is 6.10. The van der Waals surface area contributed by atoms with Crippen LogP contribution in [0.2, 0.25) is 0 Å². The Kier molecular flexibility index (Phi) is 6.60. The molecular formula is C18H27NO3. The number of carbonyl (C=O) groups is 2. The molecule has 0 atom stereocenters. The molecule has 0 heterocycles. The number of rotatable bonds is 8. The van der Waals surface area contributed by atoms with Crippen molar-refractivity contribution in [3.63, 3.8) is 0 Å². The van der Waals surface area contributed by atoms with Crippen molar-refractivity contribution >= 4 is 11.9 Å². The molecule has 1 aromatic carbocycles. The molecule has 0 fully saturated rings. The Hall–Kier alpha value is -1.84. The summed E-state index contributed by atoms with van der Waals surface area (Å²) in [6, 6.07) is 6.28. The maximum absolute atomic E-state index is 12.2. The summed E-state index contributed by atoms with van der Waals surface area (Å²) < 4.78 is 0. The summed E-state index contributed by atoms with van der Waals surface area (Å²) in [6.07, 6.45) is 2.25. The lowest BCUT2D eigenvalue weighted by atomic mass is 9.88. The lowest BCUT2D eigenvalue weighted by Crippen LogP contribution is -2.49. The summed E-state index contributed by atoms with van der Waals surface area (Å²) in [4.78, 5) is 23.2. The number of nitrogens with one attached hydrogen (secondary N) is 1. The van der Waals surface area contributed by atoms with Crippen LogP contribution in [0.25, 0.3) is 0 Å². The van der Waals surface area contributed by atoms with E-state index in [9.17, 15) is 9.59 Å². The Morgan fingerprint density at radius 1 is 1.09 bits per heavy atom. The minimum Gasteiger partial charge on any atom is -0.481 e. The molecule has 22 heavy (non-hydrogen) atoms. The van der Waals surface area contributed by atoms with E-state index in [1.807, 2.05) is 27.7 Å². The average molecular weight is 305 g/mol. The molecule has 122 valence electrons. The van der Waals surface area contributed by atoms with Crippen molar-refractivity contribution in [2.24, 2.45) is 0 Å². The molecule has 0 spiro atoms. The summed E-state index contributed by atoms with van der Waals surface area (Å²) in [5.41, 5.74) is 2.89. The van der Waals surface area contributed by atoms with Crippen molar-refractivity contribution in [3.8, 4) is 0 Å². The minimum absolute atomic E-state index is 0.0324. The number of hydrogen-bond acceptors (Lipinski definition) is 2. The summed E-state index contributed by atoms with van der Waals surface area (Å²) in [5.74, 6) is -0.956. The molecule has 0 unspecified atom stereocenters. The smallest absolute Gasteiger partial charge is 0.305 e. The molecule has 0 bridgehead atoms. The maximum atomic E-state index is 12.2. The highest BCUT2D eigenvalue weighted by Gasteiger charge is 2.30. The van der Waals surface area contributed by atoms with Gasteiger partial charge in [0, 0.05) is 12.0 Å². The summed E-state index contributed by atoms with van der Waals surface area (Å²) in [5, 5.41) is 12.0. The van der Waals surface area contributed by atoms with Gasteiger partial charge in [-0.05, 0) is 38.7 Å². The first-order chi connectivity index (χ1) is 10.3. The Labute approximate surface area is 132 Å². The van der Waals surface area contributed by atoms with E-state index in [1.54, 1.807) is 0 Å². The fraction of sp³-hybridized carbons (Fsp3) is 0.556. The first kappa shape index (κ1) is 18.2. The van der Waals surface area contributed by atoms with Gasteiger partial charge in [0.25, 0.3) is 0 Å². The molecular weight excluding hydrogens is 278 g/mol. The average Bonchev–Trinajstić information content (AvgIpc) is 2.43. The highest BCUT2D eigenvalue weighted by atomic mass is 16.4. The minimum atomic E-state index is -0.877. The first-order valence-electron chi connectivity index (χ1n) is 7.90. The van der Waals surface area contributed by atoms with Crippen LogP contribution in [0, 0.1) is 13.8 Å². The molecule has 0 aliphatic heterocycles. The SMILES string of the molecule is CCC(CC)(CC(=O)O)NC(=O)CCc1cc(C)cc(C)c1. The van der Waals surface area contributed by atoms with Crippen molar-refractivity contribution in [1.29, 1.82) is 0 Å². The Morgan fingerprint density at radius 2 is 1.64 bits per heavy atom. The van der Waals surface area contributed by atoms with Gasteiger partial charge >= 0.3 is 5.97 Å². The Morgan fingerprint density at radius 3 is 2.09 bits per heavy atom. The molecule has 0 saturated carbocycles. The van der Waals surface area contributed by atoms with Gasteiger partial charge in [0.05, 0.1) is 6.42 Å². The number of carboxylic acids is 1. The maximum Gasteiger partial charge on any atom is 0.305 e. The quantitative estimate of drug-likeness (QED) is 0.773. The summed E-state index contributed by atoms with van der Waals surface area (Å²) >= 11 is 0. The number of benzene rings is 1. The van der Waals surface area contributed by atoms with Crippen LogP contribution in [-0.4, -0.2) is 22.5 Å². The zero-order valence-corrected chi connectivity index (χ0v) is 14.0. The lowest BCUT2D eigenvalue weighted by molar-refractivity contribution is -0.139. The Balaban J connectivity index is 2.65. The second kappa shape index (κ2) is 7.97. The van der Waals surface area contributed by atoms with Gasteiger partial charge in [0.1, 0.15) is 0 Å². The van der Waals surface area contributed by atoms with Gasteiger partial charge in [-0.25, -0.2) is 0 Å². The van der Waals surface area contributed by atoms with E-state index in [-0.39, 0.29) is 12.3 Å². The van der Waals surface area contributed by atoms with Crippen LogP contribution >= 0.6 is 0 Å². The number of carboxylic acid groups (broad SMARTS) is 1. The normalized spacial score (nSPS) is 11.3. The van der Waals surface area contributed by atoms with Crippen LogP contribution in [0.1, 0.15) is 56.2 Å². The third-order valence-electron chi connectivity index (χ3n) is 4.17. The molecule has 0 aliphatic rings. The van der Waals surface area contributed by atoms with Gasteiger partial charge < -0.3 is 10.4 Å². The summed E-state index contributed by atoms with van der Waals surface area (Å²) in [7, 11) is 0. The van der Waals surface area contributed by atoms with E-state index in [4.69, 9.17) is 5.11 Å². The molecule has 0 saturated heterocycles. The first-order valence-corrected chi connectivity index (χ1v) is 7.90. The zero-order chi connectivity index (χ0) is 16.8. The van der Waals surface area contributed by atoms with Crippen LogP contribution in [0.15, 0.2) is 18.2 Å². The van der Waals surface area contributed by atoms with E-state index in [0.29, 0.717) is 25.7 Å². The van der Waals surface area contributed by atoms with Gasteiger partial charge in [-0.15, -0.1) is 0 Å². The number of hydrogen-bond donors (Lipinski definition) is 2. The van der Waals surface area contributed by atoms with Crippen LogP contribution in [-0.2, 0) is 16.0 Å². The van der Waals surface area contributed by atoms with Crippen molar-refractivity contribution in [2.75, 3.05) is 0 Å². The molecule has 4 nitrogen and oxygen atoms in total. The highest BCUT2D eigenvalue weighted by molar-refractivity contribution is 5.78. The highest BCUT2D eigenvalue weighted by Crippen LogP contribution is 2.20. The fourth-order valence-corrected chi connectivity index (χ4v) is 2.84. The molecule has 1 rings (SSSR count). The van der Waals surface area contributed by atoms with E-state index < -0.39 is 11.5 Å². The van der Waals surface area contributed by atoms with Gasteiger partial charge in [-0.2, -0.15) is 0 Å². The molecule has 0 aromatic heterocycles. The van der Waals surface area contributed by atoms with E-state index in [0.717, 1.165) is 5.56 Å². The van der Waals surface area contributed by atoms with Crippen molar-refractivity contribution < 1.29 is 14.7 Å². The molecule has 1 aromatic rings. The number of aryl methyl sites for hydroxylation is 3. The van der Waals surface area contributed by atoms with Crippen molar-refractivity contribution in [1.82, 2.24) is 5.32 Å². The molecule has 2 N–H and O–H groups in total. The molecule has 0 aliphatic carbocycles. The van der Waals surface area contributed by atoms with Crippen LogP contribution in [0.4, 0.5) is 0 Å². The molecule has 1 amide bonds. The van der Waals surface area contributed by atoms with Crippen molar-refractivity contribution in [2.45, 2.75) is 65.3 Å². The lowest BCUT2D eigenvalue weighted by Gasteiger charge is -2.31. The third-order valence-corrected chi connectivity index (χ3v) is 4.17. The second-order valence-corrected chi connectivity index (χ2v) is 6.10. The largest absolute Gasteiger partial charge is 0.481 e. The number of amides is 1. The van der Waals surface area contributed by atoms with Gasteiger partial charge in [0.15, 0.2) is 0 Å². The third kappa shape index (κ3) is 5.51. The monoisotopic (exact) mass is 305 g/mol. The van der Waals surface area contributed by atoms with Crippen molar-refractivity contribution in [3.05, 3.63) is 34.9 Å². The van der Waals surface area contributed by atoms with Gasteiger partial charge in [-0.1, -0.05) is 43.2 Å². The topological polar surface area (TPSA) is 66.4 Å². The van der Waals surface area contributed by atoms with Crippen LogP contribution in [0.5, 0.6) is 0 Å². The zero-order valence-electron chi connectivity index (χ0n) is 14.0. The van der Waals surface area contributed by atoms with Gasteiger partial charge in [0.2, 0.25) is 5.91 Å². The fourth-order valence-electron chi connectivity index (χ4n) is 2.84. The van der Waals surface area contributed by atoms with E-state index in [2.05, 4.69) is 23.5 Å².